The summed E-state index contributed by atoms with van der Waals surface area (Å²) in [6, 6.07) is 6.38. The molecule has 2 aromatic rings. The number of hydrogen-bond donors (Lipinski definition) is 2. The molecule has 0 radical (unpaired) electrons. The van der Waals surface area contributed by atoms with E-state index in [1.54, 1.807) is 24.3 Å². The molecule has 0 atom stereocenters. The van der Waals surface area contributed by atoms with Crippen molar-refractivity contribution >= 4 is 28.8 Å². The normalized spacial score (nSPS) is 12.6. The second-order valence-corrected chi connectivity index (χ2v) is 4.48. The maximum atomic E-state index is 11.2. The highest BCUT2D eigenvalue weighted by molar-refractivity contribution is 6.06. The van der Waals surface area contributed by atoms with Crippen molar-refractivity contribution in [1.82, 2.24) is 0 Å². The fraction of sp³-hybridized carbons (Fsp3) is 0.0667. The summed E-state index contributed by atoms with van der Waals surface area (Å²) >= 11 is 0. The molecule has 0 aliphatic heterocycles. The van der Waals surface area contributed by atoms with E-state index in [4.69, 9.17) is 5.11 Å². The molecular formula is C15H10O4. The summed E-state index contributed by atoms with van der Waals surface area (Å²) in [5.74, 6) is -1.95. The van der Waals surface area contributed by atoms with Gasteiger partial charge in [0.05, 0.1) is 11.1 Å². The van der Waals surface area contributed by atoms with Crippen LogP contribution in [0, 0.1) is 0 Å². The SMILES string of the molecule is O=C(O)c1cc2c3c(c(C(=O)O)ccc3c1)C=CC2. The lowest BCUT2D eigenvalue weighted by atomic mass is 9.88. The fourth-order valence-corrected chi connectivity index (χ4v) is 2.53. The quantitative estimate of drug-likeness (QED) is 0.864. The van der Waals surface area contributed by atoms with Crippen LogP contribution in [-0.2, 0) is 6.42 Å². The number of aromatic carboxylic acids is 2. The Hall–Kier alpha value is -2.62. The molecule has 2 N–H and O–H groups in total. The highest BCUT2D eigenvalue weighted by Crippen LogP contribution is 2.32. The van der Waals surface area contributed by atoms with Crippen LogP contribution in [0.15, 0.2) is 30.3 Å². The van der Waals surface area contributed by atoms with Gasteiger partial charge in [-0.1, -0.05) is 18.2 Å². The molecule has 4 nitrogen and oxygen atoms in total. The van der Waals surface area contributed by atoms with Crippen molar-refractivity contribution < 1.29 is 19.8 Å². The molecular weight excluding hydrogens is 244 g/mol. The van der Waals surface area contributed by atoms with Crippen LogP contribution in [0.25, 0.3) is 16.8 Å². The molecule has 0 saturated carbocycles. The van der Waals surface area contributed by atoms with Crippen LogP contribution in [-0.4, -0.2) is 22.2 Å². The largest absolute Gasteiger partial charge is 0.478 e. The second-order valence-electron chi connectivity index (χ2n) is 4.48. The topological polar surface area (TPSA) is 74.6 Å². The molecule has 0 bridgehead atoms. The maximum Gasteiger partial charge on any atom is 0.336 e. The highest BCUT2D eigenvalue weighted by Gasteiger charge is 2.18. The van der Waals surface area contributed by atoms with Crippen LogP contribution in [0.5, 0.6) is 0 Å². The van der Waals surface area contributed by atoms with E-state index in [1.165, 1.54) is 6.07 Å². The first kappa shape index (κ1) is 11.5. The van der Waals surface area contributed by atoms with Gasteiger partial charge >= 0.3 is 11.9 Å². The van der Waals surface area contributed by atoms with Crippen molar-refractivity contribution in [1.29, 1.82) is 0 Å². The summed E-state index contributed by atoms with van der Waals surface area (Å²) < 4.78 is 0. The number of allylic oxidation sites excluding steroid dienone is 1. The van der Waals surface area contributed by atoms with Gasteiger partial charge in [-0.3, -0.25) is 0 Å². The van der Waals surface area contributed by atoms with Crippen LogP contribution in [0.4, 0.5) is 0 Å². The van der Waals surface area contributed by atoms with Crippen LogP contribution in [0.3, 0.4) is 0 Å². The van der Waals surface area contributed by atoms with Crippen molar-refractivity contribution in [3.8, 4) is 0 Å². The molecule has 0 spiro atoms. The van der Waals surface area contributed by atoms with E-state index in [-0.39, 0.29) is 11.1 Å². The number of hydrogen-bond acceptors (Lipinski definition) is 2. The van der Waals surface area contributed by atoms with Gasteiger partial charge in [-0.05, 0) is 46.5 Å². The Balaban J connectivity index is 2.41. The summed E-state index contributed by atoms with van der Waals surface area (Å²) in [5, 5.41) is 19.9. The molecule has 4 heteroatoms. The first-order chi connectivity index (χ1) is 9.08. The van der Waals surface area contributed by atoms with E-state index in [0.717, 1.165) is 16.3 Å². The number of carbonyl (C=O) groups is 2. The van der Waals surface area contributed by atoms with E-state index in [9.17, 15) is 14.7 Å². The molecule has 94 valence electrons. The number of carboxylic acid groups (broad SMARTS) is 2. The maximum absolute atomic E-state index is 11.2. The van der Waals surface area contributed by atoms with Gasteiger partial charge in [-0.15, -0.1) is 0 Å². The van der Waals surface area contributed by atoms with Crippen LogP contribution >= 0.6 is 0 Å². The van der Waals surface area contributed by atoms with Gasteiger partial charge in [0.2, 0.25) is 0 Å². The molecule has 1 aliphatic carbocycles. The van der Waals surface area contributed by atoms with Crippen LogP contribution in [0.1, 0.15) is 31.8 Å². The first-order valence-corrected chi connectivity index (χ1v) is 5.80. The van der Waals surface area contributed by atoms with Crippen LogP contribution in [0.2, 0.25) is 0 Å². The Labute approximate surface area is 108 Å². The standard InChI is InChI=1S/C15H10O4/c16-14(17)10-6-8-2-1-3-11-12(15(18)19)5-4-9(7-10)13(8)11/h1,3-7H,2H2,(H,16,17)(H,18,19). The molecule has 0 unspecified atom stereocenters. The van der Waals surface area contributed by atoms with Gasteiger partial charge in [-0.25, -0.2) is 9.59 Å². The number of benzene rings is 2. The zero-order valence-electron chi connectivity index (χ0n) is 9.88. The molecule has 2 aromatic carbocycles. The van der Waals surface area contributed by atoms with Gasteiger partial charge in [0, 0.05) is 0 Å². The fourth-order valence-electron chi connectivity index (χ4n) is 2.53. The summed E-state index contributed by atoms with van der Waals surface area (Å²) in [6.45, 7) is 0. The Bertz CT molecular complexity index is 756. The molecule has 0 heterocycles. The van der Waals surface area contributed by atoms with E-state index in [1.807, 2.05) is 6.08 Å². The number of carboxylic acids is 2. The summed E-state index contributed by atoms with van der Waals surface area (Å²) in [6.07, 6.45) is 4.27. The van der Waals surface area contributed by atoms with Gasteiger partial charge in [0.25, 0.3) is 0 Å². The summed E-state index contributed by atoms with van der Waals surface area (Å²) in [4.78, 5) is 22.3. The van der Waals surface area contributed by atoms with Gasteiger partial charge in [0.1, 0.15) is 0 Å². The average molecular weight is 254 g/mol. The molecule has 0 amide bonds. The van der Waals surface area contributed by atoms with Gasteiger partial charge in [0.15, 0.2) is 0 Å². The Kier molecular flexibility index (Phi) is 2.38. The smallest absolute Gasteiger partial charge is 0.336 e. The van der Waals surface area contributed by atoms with Crippen LogP contribution < -0.4 is 0 Å². The van der Waals surface area contributed by atoms with E-state index in [0.29, 0.717) is 12.0 Å². The van der Waals surface area contributed by atoms with E-state index < -0.39 is 11.9 Å². The van der Waals surface area contributed by atoms with Crippen molar-refractivity contribution in [3.63, 3.8) is 0 Å². The molecule has 0 aromatic heterocycles. The Morgan fingerprint density at radius 2 is 1.84 bits per heavy atom. The average Bonchev–Trinajstić information content (AvgIpc) is 2.38. The lowest BCUT2D eigenvalue weighted by Gasteiger charge is -2.15. The van der Waals surface area contributed by atoms with Crippen molar-refractivity contribution in [2.75, 3.05) is 0 Å². The minimum absolute atomic E-state index is 0.229. The van der Waals surface area contributed by atoms with E-state index >= 15 is 0 Å². The minimum atomic E-state index is -0.975. The third-order valence-corrected chi connectivity index (χ3v) is 3.34. The Morgan fingerprint density at radius 1 is 1.05 bits per heavy atom. The molecule has 0 saturated heterocycles. The van der Waals surface area contributed by atoms with Gasteiger partial charge in [-0.2, -0.15) is 0 Å². The van der Waals surface area contributed by atoms with Crippen molar-refractivity contribution in [3.05, 3.63) is 52.6 Å². The minimum Gasteiger partial charge on any atom is -0.478 e. The monoisotopic (exact) mass is 254 g/mol. The third-order valence-electron chi connectivity index (χ3n) is 3.34. The zero-order chi connectivity index (χ0) is 13.6. The Morgan fingerprint density at radius 3 is 2.53 bits per heavy atom. The lowest BCUT2D eigenvalue weighted by molar-refractivity contribution is 0.0685. The third kappa shape index (κ3) is 1.69. The molecule has 1 aliphatic rings. The molecule has 19 heavy (non-hydrogen) atoms. The first-order valence-electron chi connectivity index (χ1n) is 5.80. The second kappa shape index (κ2) is 3.95. The number of rotatable bonds is 2. The summed E-state index contributed by atoms with van der Waals surface area (Å²) in [7, 11) is 0. The van der Waals surface area contributed by atoms with E-state index in [2.05, 4.69) is 0 Å². The highest BCUT2D eigenvalue weighted by atomic mass is 16.4. The predicted molar refractivity (Wildman–Crippen MR) is 70.6 cm³/mol. The predicted octanol–water partition coefficient (Wildman–Crippen LogP) is 2.81. The summed E-state index contributed by atoms with van der Waals surface area (Å²) in [5.41, 5.74) is 1.98. The van der Waals surface area contributed by atoms with Crippen molar-refractivity contribution in [2.24, 2.45) is 0 Å². The lowest BCUT2D eigenvalue weighted by Crippen LogP contribution is -2.05. The molecule has 0 fully saturated rings. The molecule has 3 rings (SSSR count). The van der Waals surface area contributed by atoms with Gasteiger partial charge < -0.3 is 10.2 Å². The van der Waals surface area contributed by atoms with Crippen molar-refractivity contribution in [2.45, 2.75) is 6.42 Å². The zero-order valence-corrected chi connectivity index (χ0v) is 9.88.